The molecular weight excluding hydrogens is 168 g/mol. The van der Waals surface area contributed by atoms with E-state index in [1.807, 2.05) is 0 Å². The molecule has 70 valence electrons. The van der Waals surface area contributed by atoms with Gasteiger partial charge in [-0.25, -0.2) is 0 Å². The van der Waals surface area contributed by atoms with Crippen molar-refractivity contribution in [2.45, 2.75) is 26.4 Å². The molecule has 3 aliphatic rings. The molecule has 0 radical (unpaired) electrons. The third-order valence-electron chi connectivity index (χ3n) is 3.31. The topological polar surface area (TPSA) is 54.4 Å². The van der Waals surface area contributed by atoms with Gasteiger partial charge in [-0.05, 0) is 13.8 Å². The third kappa shape index (κ3) is 0.826. The van der Waals surface area contributed by atoms with Crippen molar-refractivity contribution in [3.8, 4) is 0 Å². The van der Waals surface area contributed by atoms with Gasteiger partial charge in [-0.3, -0.25) is 9.59 Å². The summed E-state index contributed by atoms with van der Waals surface area (Å²) in [4.78, 5) is 23.2. The average Bonchev–Trinajstić information content (AvgIpc) is 2.07. The molecule has 2 unspecified atom stereocenters. The van der Waals surface area contributed by atoms with Crippen LogP contribution in [0, 0.1) is 10.8 Å². The number of allylic oxidation sites excluding steroid dienone is 1. The minimum atomic E-state index is -1.15. The van der Waals surface area contributed by atoms with Crippen LogP contribution in [-0.2, 0) is 9.59 Å². The number of rotatable bonds is 0. The number of Topliss-reactive ketones (excluding diaryl/α,β-unsaturated/α-hetero) is 2. The van der Waals surface area contributed by atoms with Crippen LogP contribution in [0.2, 0.25) is 0 Å². The molecule has 0 aromatic carbocycles. The highest BCUT2D eigenvalue weighted by Gasteiger charge is 2.57. The first-order chi connectivity index (χ1) is 5.90. The van der Waals surface area contributed by atoms with Gasteiger partial charge in [-0.2, -0.15) is 0 Å². The van der Waals surface area contributed by atoms with Crippen molar-refractivity contribution >= 4 is 11.6 Å². The Morgan fingerprint density at radius 2 is 2.00 bits per heavy atom. The van der Waals surface area contributed by atoms with E-state index in [0.29, 0.717) is 0 Å². The molecule has 13 heavy (non-hydrogen) atoms. The van der Waals surface area contributed by atoms with Gasteiger partial charge in [-0.1, -0.05) is 12.2 Å². The van der Waals surface area contributed by atoms with E-state index in [9.17, 15) is 14.7 Å². The van der Waals surface area contributed by atoms with Crippen molar-refractivity contribution < 1.29 is 14.7 Å². The first-order valence-electron chi connectivity index (χ1n) is 4.36. The summed E-state index contributed by atoms with van der Waals surface area (Å²) in [6.07, 6.45) is 2.51. The third-order valence-corrected chi connectivity index (χ3v) is 3.31. The Morgan fingerprint density at radius 1 is 1.38 bits per heavy atom. The number of aliphatic hydroxyl groups excluding tert-OH is 1. The quantitative estimate of drug-likeness (QED) is 0.551. The minimum Gasteiger partial charge on any atom is -0.384 e. The Morgan fingerprint density at radius 3 is 2.54 bits per heavy atom. The fourth-order valence-corrected chi connectivity index (χ4v) is 2.03. The zero-order valence-corrected chi connectivity index (χ0v) is 7.70. The summed E-state index contributed by atoms with van der Waals surface area (Å²) >= 11 is 0. The normalized spacial score (nSPS) is 48.7. The lowest BCUT2D eigenvalue weighted by atomic mass is 9.57. The minimum absolute atomic E-state index is 0.0374. The zero-order valence-electron chi connectivity index (χ0n) is 7.70. The first-order valence-corrected chi connectivity index (χ1v) is 4.36. The molecule has 0 heterocycles. The van der Waals surface area contributed by atoms with Crippen molar-refractivity contribution in [2.75, 3.05) is 0 Å². The lowest BCUT2D eigenvalue weighted by Crippen LogP contribution is -2.58. The Balaban J connectivity index is 2.60. The van der Waals surface area contributed by atoms with Gasteiger partial charge >= 0.3 is 0 Å². The Labute approximate surface area is 76.4 Å². The fourth-order valence-electron chi connectivity index (χ4n) is 2.03. The maximum atomic E-state index is 11.6. The summed E-state index contributed by atoms with van der Waals surface area (Å²) in [5, 5.41) is 9.64. The Bertz CT molecular complexity index is 331. The van der Waals surface area contributed by atoms with E-state index >= 15 is 0 Å². The molecule has 1 fully saturated rings. The van der Waals surface area contributed by atoms with Crippen molar-refractivity contribution in [1.29, 1.82) is 0 Å². The van der Waals surface area contributed by atoms with Gasteiger partial charge < -0.3 is 5.11 Å². The second-order valence-electron chi connectivity index (χ2n) is 4.40. The summed E-state index contributed by atoms with van der Waals surface area (Å²) in [5.41, 5.74) is -1.72. The van der Waals surface area contributed by atoms with Crippen LogP contribution < -0.4 is 0 Å². The molecule has 0 spiro atoms. The molecule has 3 aliphatic carbocycles. The van der Waals surface area contributed by atoms with Crippen LogP contribution in [0.1, 0.15) is 20.3 Å². The largest absolute Gasteiger partial charge is 0.384 e. The van der Waals surface area contributed by atoms with E-state index in [-0.39, 0.29) is 18.0 Å². The molecule has 0 aromatic heterocycles. The highest BCUT2D eigenvalue weighted by Crippen LogP contribution is 2.47. The molecule has 3 atom stereocenters. The molecule has 0 saturated heterocycles. The number of carbonyl (C=O) groups excluding carboxylic acids is 2. The SMILES string of the molecule is CC12C=CC(C)(C(=O)C1)[C@H](O)C2=O. The van der Waals surface area contributed by atoms with Crippen LogP contribution in [0.25, 0.3) is 0 Å². The van der Waals surface area contributed by atoms with Crippen molar-refractivity contribution in [3.05, 3.63) is 12.2 Å². The highest BCUT2D eigenvalue weighted by atomic mass is 16.3. The molecule has 0 amide bonds. The molecule has 0 aliphatic heterocycles. The second-order valence-corrected chi connectivity index (χ2v) is 4.40. The van der Waals surface area contributed by atoms with Gasteiger partial charge in [0, 0.05) is 6.42 Å². The molecule has 0 aromatic rings. The maximum absolute atomic E-state index is 11.6. The van der Waals surface area contributed by atoms with Gasteiger partial charge in [0.15, 0.2) is 5.78 Å². The van der Waals surface area contributed by atoms with Gasteiger partial charge in [0.2, 0.25) is 0 Å². The monoisotopic (exact) mass is 180 g/mol. The Hall–Kier alpha value is -0.960. The van der Waals surface area contributed by atoms with E-state index in [0.717, 1.165) is 0 Å². The molecule has 1 N–H and O–H groups in total. The summed E-state index contributed by atoms with van der Waals surface area (Å²) in [6.45, 7) is 3.32. The number of ketones is 2. The number of hydrogen-bond acceptors (Lipinski definition) is 3. The number of carbonyl (C=O) groups is 2. The number of aliphatic hydroxyl groups is 1. The van der Waals surface area contributed by atoms with Crippen LogP contribution in [0.4, 0.5) is 0 Å². The predicted octanol–water partition coefficient (Wildman–Crippen LogP) is 0.472. The standard InChI is InChI=1S/C10H12O3/c1-9-3-4-10(2,6(11)5-9)8(13)7(9)12/h3-4,8,13H,5H2,1-2H3/t8-,9?,10?/m1/s1. The fraction of sp³-hybridized carbons (Fsp3) is 0.600. The van der Waals surface area contributed by atoms with E-state index in [1.54, 1.807) is 26.0 Å². The zero-order chi connectivity index (χ0) is 9.85. The summed E-state index contributed by atoms with van der Waals surface area (Å²) in [5.74, 6) is -0.262. The van der Waals surface area contributed by atoms with E-state index in [1.165, 1.54) is 0 Å². The van der Waals surface area contributed by atoms with Crippen LogP contribution in [0.5, 0.6) is 0 Å². The van der Waals surface area contributed by atoms with Crippen LogP contribution in [-0.4, -0.2) is 22.8 Å². The molecular formula is C10H12O3. The van der Waals surface area contributed by atoms with Gasteiger partial charge in [0.05, 0.1) is 10.8 Å². The van der Waals surface area contributed by atoms with Crippen molar-refractivity contribution in [2.24, 2.45) is 10.8 Å². The maximum Gasteiger partial charge on any atom is 0.172 e. The summed E-state index contributed by atoms with van der Waals surface area (Å²) in [6, 6.07) is 0. The molecule has 3 nitrogen and oxygen atoms in total. The van der Waals surface area contributed by atoms with Crippen molar-refractivity contribution in [3.63, 3.8) is 0 Å². The van der Waals surface area contributed by atoms with Crippen LogP contribution in [0.3, 0.4) is 0 Å². The summed E-state index contributed by atoms with van der Waals surface area (Å²) < 4.78 is 0. The molecule has 2 bridgehead atoms. The lowest BCUT2D eigenvalue weighted by Gasteiger charge is -2.45. The van der Waals surface area contributed by atoms with Gasteiger partial charge in [0.1, 0.15) is 11.9 Å². The van der Waals surface area contributed by atoms with Crippen molar-refractivity contribution in [1.82, 2.24) is 0 Å². The van der Waals surface area contributed by atoms with E-state index in [4.69, 9.17) is 0 Å². The van der Waals surface area contributed by atoms with E-state index in [2.05, 4.69) is 0 Å². The molecule has 1 saturated carbocycles. The smallest absolute Gasteiger partial charge is 0.172 e. The molecule has 3 rings (SSSR count). The Kier molecular flexibility index (Phi) is 1.39. The van der Waals surface area contributed by atoms with Crippen LogP contribution in [0.15, 0.2) is 12.2 Å². The van der Waals surface area contributed by atoms with Gasteiger partial charge in [0.25, 0.3) is 0 Å². The van der Waals surface area contributed by atoms with E-state index < -0.39 is 16.9 Å². The average molecular weight is 180 g/mol. The predicted molar refractivity (Wildman–Crippen MR) is 46.0 cm³/mol. The van der Waals surface area contributed by atoms with Gasteiger partial charge in [-0.15, -0.1) is 0 Å². The number of fused-ring (bicyclic) bond motifs is 2. The summed E-state index contributed by atoms with van der Waals surface area (Å²) in [7, 11) is 0. The first kappa shape index (κ1) is 8.63. The number of hydrogen-bond donors (Lipinski definition) is 1. The second kappa shape index (κ2) is 2.10. The highest BCUT2D eigenvalue weighted by molar-refractivity contribution is 6.07. The van der Waals surface area contributed by atoms with Crippen LogP contribution >= 0.6 is 0 Å². The molecule has 3 heteroatoms. The lowest BCUT2D eigenvalue weighted by molar-refractivity contribution is -0.157.